The summed E-state index contributed by atoms with van der Waals surface area (Å²) in [5.74, 6) is 1.42. The van der Waals surface area contributed by atoms with Gasteiger partial charge in [0.1, 0.15) is 0 Å². The van der Waals surface area contributed by atoms with Crippen LogP contribution < -0.4 is 0 Å². The van der Waals surface area contributed by atoms with Gasteiger partial charge in [0.25, 0.3) is 0 Å². The normalized spacial score (nSPS) is 14.7. The first-order valence-corrected chi connectivity index (χ1v) is 8.53. The second-order valence-corrected chi connectivity index (χ2v) is 6.83. The molecule has 0 aromatic heterocycles. The molecule has 0 spiro atoms. The zero-order valence-electron chi connectivity index (χ0n) is 12.3. The fourth-order valence-corrected chi connectivity index (χ4v) is 3.55. The number of benzene rings is 2. The number of hydrogen-bond donors (Lipinski definition) is 0. The summed E-state index contributed by atoms with van der Waals surface area (Å²) in [5, 5.41) is 0. The summed E-state index contributed by atoms with van der Waals surface area (Å²) in [6.45, 7) is 2.08. The van der Waals surface area contributed by atoms with Crippen LogP contribution in [0.2, 0.25) is 0 Å². The molecule has 1 fully saturated rings. The summed E-state index contributed by atoms with van der Waals surface area (Å²) in [7, 11) is 0. The Balaban J connectivity index is 1.65. The number of hydrogen-bond acceptors (Lipinski definition) is 2. The van der Waals surface area contributed by atoms with Crippen LogP contribution in [0.1, 0.15) is 46.7 Å². The van der Waals surface area contributed by atoms with E-state index in [-0.39, 0.29) is 5.78 Å². The molecule has 2 aromatic rings. The van der Waals surface area contributed by atoms with Crippen molar-refractivity contribution in [1.82, 2.24) is 0 Å². The summed E-state index contributed by atoms with van der Waals surface area (Å²) in [4.78, 5) is 13.5. The molecule has 21 heavy (non-hydrogen) atoms. The van der Waals surface area contributed by atoms with Gasteiger partial charge in [-0.15, -0.1) is 11.8 Å². The van der Waals surface area contributed by atoms with Crippen molar-refractivity contribution < 1.29 is 4.79 Å². The lowest BCUT2D eigenvalue weighted by atomic mass is 9.79. The molecule has 0 heterocycles. The molecule has 0 bridgehead atoms. The third kappa shape index (κ3) is 3.56. The highest BCUT2D eigenvalue weighted by Gasteiger charge is 2.20. The zero-order valence-corrected chi connectivity index (χ0v) is 13.2. The van der Waals surface area contributed by atoms with Crippen molar-refractivity contribution in [3.8, 4) is 0 Å². The van der Waals surface area contributed by atoms with Gasteiger partial charge < -0.3 is 0 Å². The number of thioether (sulfide) groups is 1. The summed E-state index contributed by atoms with van der Waals surface area (Å²) >= 11 is 1.62. The van der Waals surface area contributed by atoms with Crippen LogP contribution in [0.15, 0.2) is 53.4 Å². The Morgan fingerprint density at radius 3 is 2.67 bits per heavy atom. The second kappa shape index (κ2) is 6.48. The Morgan fingerprint density at radius 1 is 1.14 bits per heavy atom. The number of aryl methyl sites for hydroxylation is 1. The van der Waals surface area contributed by atoms with Gasteiger partial charge in [-0.25, -0.2) is 0 Å². The van der Waals surface area contributed by atoms with Crippen LogP contribution in [0.3, 0.4) is 0 Å². The Hall–Kier alpha value is -1.54. The fourth-order valence-electron chi connectivity index (χ4n) is 2.64. The molecule has 3 rings (SSSR count). The predicted octanol–water partition coefficient (Wildman–Crippen LogP) is 5.24. The predicted molar refractivity (Wildman–Crippen MR) is 89.3 cm³/mol. The molecule has 0 aliphatic heterocycles. The molecule has 0 unspecified atom stereocenters. The molecule has 0 atom stereocenters. The smallest absolute Gasteiger partial charge is 0.173 e. The molecule has 0 radical (unpaired) electrons. The van der Waals surface area contributed by atoms with Crippen molar-refractivity contribution in [2.45, 2.75) is 37.0 Å². The molecule has 1 nitrogen and oxygen atoms in total. The minimum absolute atomic E-state index is 0.225. The van der Waals surface area contributed by atoms with Gasteiger partial charge in [0.15, 0.2) is 5.78 Å². The van der Waals surface area contributed by atoms with E-state index in [1.165, 1.54) is 35.3 Å². The van der Waals surface area contributed by atoms with E-state index in [1.54, 1.807) is 11.8 Å². The highest BCUT2D eigenvalue weighted by Crippen LogP contribution is 2.36. The van der Waals surface area contributed by atoms with E-state index in [0.29, 0.717) is 11.7 Å². The molecule has 2 heteroatoms. The third-order valence-electron chi connectivity index (χ3n) is 4.14. The molecular weight excluding hydrogens is 276 g/mol. The zero-order chi connectivity index (χ0) is 14.7. The molecule has 0 amide bonds. The Labute approximate surface area is 130 Å². The van der Waals surface area contributed by atoms with E-state index < -0.39 is 0 Å². The van der Waals surface area contributed by atoms with Crippen molar-refractivity contribution in [3.63, 3.8) is 0 Å². The number of rotatable bonds is 5. The van der Waals surface area contributed by atoms with Gasteiger partial charge in [-0.2, -0.15) is 0 Å². The lowest BCUT2D eigenvalue weighted by molar-refractivity contribution is 0.102. The second-order valence-electron chi connectivity index (χ2n) is 5.78. The lowest BCUT2D eigenvalue weighted by Gasteiger charge is -2.26. The third-order valence-corrected chi connectivity index (χ3v) is 5.14. The van der Waals surface area contributed by atoms with Crippen LogP contribution in [0, 0.1) is 6.92 Å². The van der Waals surface area contributed by atoms with Crippen molar-refractivity contribution in [2.24, 2.45) is 0 Å². The average molecular weight is 296 g/mol. The summed E-state index contributed by atoms with van der Waals surface area (Å²) in [6, 6.07) is 16.5. The molecule has 0 saturated heterocycles. The number of carbonyl (C=O) groups excluding carboxylic acids is 1. The van der Waals surface area contributed by atoms with Crippen LogP contribution in [-0.2, 0) is 0 Å². The van der Waals surface area contributed by atoms with E-state index in [4.69, 9.17) is 0 Å². The molecule has 1 saturated carbocycles. The van der Waals surface area contributed by atoms with Crippen LogP contribution in [0.25, 0.3) is 0 Å². The first-order valence-electron chi connectivity index (χ1n) is 7.55. The fraction of sp³-hybridized carbons (Fsp3) is 0.316. The minimum Gasteiger partial charge on any atom is -0.293 e. The quantitative estimate of drug-likeness (QED) is 0.554. The van der Waals surface area contributed by atoms with Gasteiger partial charge in [-0.05, 0) is 49.4 Å². The van der Waals surface area contributed by atoms with Crippen molar-refractivity contribution in [2.75, 3.05) is 5.75 Å². The number of ketones is 1. The van der Waals surface area contributed by atoms with Gasteiger partial charge in [0.2, 0.25) is 0 Å². The van der Waals surface area contributed by atoms with E-state index in [1.807, 2.05) is 18.2 Å². The van der Waals surface area contributed by atoms with E-state index in [2.05, 4.69) is 37.3 Å². The Kier molecular flexibility index (Phi) is 4.45. The standard InChI is InChI=1S/C19H20OS/c1-14-5-2-10-18(11-14)21-13-19(20)17-9-4-8-16(12-17)15-6-3-7-15/h2,4-5,8-12,15H,3,6-7,13H2,1H3. The van der Waals surface area contributed by atoms with E-state index in [0.717, 1.165) is 5.56 Å². The van der Waals surface area contributed by atoms with Gasteiger partial charge in [-0.3, -0.25) is 4.79 Å². The highest BCUT2D eigenvalue weighted by molar-refractivity contribution is 8.00. The maximum absolute atomic E-state index is 12.4. The lowest BCUT2D eigenvalue weighted by Crippen LogP contribution is -2.10. The SMILES string of the molecule is Cc1cccc(SCC(=O)c2cccc(C3CCC3)c2)c1. The number of Topliss-reactive ketones (excluding diaryl/α,β-unsaturated/α-hetero) is 1. The van der Waals surface area contributed by atoms with Crippen molar-refractivity contribution in [3.05, 3.63) is 65.2 Å². The van der Waals surface area contributed by atoms with Gasteiger partial charge in [-0.1, -0.05) is 42.3 Å². The maximum Gasteiger partial charge on any atom is 0.173 e. The van der Waals surface area contributed by atoms with Crippen molar-refractivity contribution >= 4 is 17.5 Å². The number of carbonyl (C=O) groups is 1. The summed E-state index contributed by atoms with van der Waals surface area (Å²) in [5.41, 5.74) is 3.44. The summed E-state index contributed by atoms with van der Waals surface area (Å²) < 4.78 is 0. The van der Waals surface area contributed by atoms with Gasteiger partial charge >= 0.3 is 0 Å². The largest absolute Gasteiger partial charge is 0.293 e. The average Bonchev–Trinajstić information content (AvgIpc) is 2.43. The van der Waals surface area contributed by atoms with Crippen molar-refractivity contribution in [1.29, 1.82) is 0 Å². The Bertz CT molecular complexity index is 644. The van der Waals surface area contributed by atoms with E-state index in [9.17, 15) is 4.79 Å². The first-order chi connectivity index (χ1) is 10.2. The molecule has 1 aliphatic carbocycles. The monoisotopic (exact) mass is 296 g/mol. The van der Waals surface area contributed by atoms with E-state index >= 15 is 0 Å². The van der Waals surface area contributed by atoms with Crippen LogP contribution >= 0.6 is 11.8 Å². The molecule has 108 valence electrons. The minimum atomic E-state index is 0.225. The molecular formula is C19H20OS. The van der Waals surface area contributed by atoms with Crippen LogP contribution in [0.4, 0.5) is 0 Å². The Morgan fingerprint density at radius 2 is 1.95 bits per heavy atom. The molecule has 2 aromatic carbocycles. The van der Waals surface area contributed by atoms with Gasteiger partial charge in [0.05, 0.1) is 5.75 Å². The van der Waals surface area contributed by atoms with Gasteiger partial charge in [0, 0.05) is 10.5 Å². The maximum atomic E-state index is 12.4. The highest BCUT2D eigenvalue weighted by atomic mass is 32.2. The molecule has 1 aliphatic rings. The van der Waals surface area contributed by atoms with Crippen LogP contribution in [-0.4, -0.2) is 11.5 Å². The summed E-state index contributed by atoms with van der Waals surface area (Å²) in [6.07, 6.45) is 3.87. The molecule has 0 N–H and O–H groups in total. The first kappa shape index (κ1) is 14.4. The van der Waals surface area contributed by atoms with Crippen LogP contribution in [0.5, 0.6) is 0 Å². The topological polar surface area (TPSA) is 17.1 Å².